The second kappa shape index (κ2) is 7.66. The highest BCUT2D eigenvalue weighted by atomic mass is 32.2. The van der Waals surface area contributed by atoms with Crippen LogP contribution in [0.3, 0.4) is 0 Å². The molecule has 1 aromatic heterocycles. The van der Waals surface area contributed by atoms with E-state index in [0.717, 1.165) is 22.7 Å². The summed E-state index contributed by atoms with van der Waals surface area (Å²) in [4.78, 5) is 4.89. The van der Waals surface area contributed by atoms with Crippen molar-refractivity contribution in [3.8, 4) is 0 Å². The minimum atomic E-state index is -3.50. The molecule has 1 aliphatic heterocycles. The normalized spacial score (nSPS) is 17.2. The number of sulfonamides is 1. The third-order valence-electron chi connectivity index (χ3n) is 3.20. The summed E-state index contributed by atoms with van der Waals surface area (Å²) in [5.41, 5.74) is 0. The van der Waals surface area contributed by atoms with Crippen LogP contribution < -0.4 is 10.1 Å². The zero-order chi connectivity index (χ0) is 15.3. The van der Waals surface area contributed by atoms with Gasteiger partial charge in [0.15, 0.2) is 0 Å². The van der Waals surface area contributed by atoms with Crippen LogP contribution in [0.1, 0.15) is 23.1 Å². The van der Waals surface area contributed by atoms with E-state index in [-0.39, 0.29) is 0 Å². The van der Waals surface area contributed by atoms with Gasteiger partial charge in [-0.2, -0.15) is 0 Å². The molecule has 0 saturated carbocycles. The Labute approximate surface area is 130 Å². The lowest BCUT2D eigenvalue weighted by Crippen LogP contribution is -2.48. The van der Waals surface area contributed by atoms with Gasteiger partial charge in [0.25, 0.3) is 10.0 Å². The standard InChI is InChI=1S/C13H23N3O3S2/c1-3-4-14-10-12-9-13(11(2)20-12)21(17,18)15-16-5-7-19-8-6-16/h9,14-15H,3-8,10H2,1-2H3. The molecule has 6 nitrogen and oxygen atoms in total. The molecule has 120 valence electrons. The first kappa shape index (κ1) is 16.9. The molecule has 0 radical (unpaired) electrons. The molecule has 0 bridgehead atoms. The third-order valence-corrected chi connectivity index (χ3v) is 5.88. The Balaban J connectivity index is 2.04. The summed E-state index contributed by atoms with van der Waals surface area (Å²) in [7, 11) is -3.50. The van der Waals surface area contributed by atoms with Gasteiger partial charge < -0.3 is 10.1 Å². The Hall–Kier alpha value is -0.510. The number of thiophene rings is 1. The van der Waals surface area contributed by atoms with Gasteiger partial charge in [0, 0.05) is 29.4 Å². The number of hydrogen-bond donors (Lipinski definition) is 2. The molecule has 0 atom stereocenters. The van der Waals surface area contributed by atoms with Crippen molar-refractivity contribution >= 4 is 21.4 Å². The molecule has 1 saturated heterocycles. The first-order valence-electron chi connectivity index (χ1n) is 7.18. The molecule has 1 fully saturated rings. The minimum absolute atomic E-state index is 0.382. The van der Waals surface area contributed by atoms with Gasteiger partial charge in [0.05, 0.1) is 18.1 Å². The largest absolute Gasteiger partial charge is 0.379 e. The van der Waals surface area contributed by atoms with Gasteiger partial charge in [0.1, 0.15) is 0 Å². The predicted molar refractivity (Wildman–Crippen MR) is 83.8 cm³/mol. The fraction of sp³-hybridized carbons (Fsp3) is 0.692. The van der Waals surface area contributed by atoms with Crippen LogP contribution in [0.25, 0.3) is 0 Å². The number of nitrogens with one attached hydrogen (secondary N) is 2. The summed E-state index contributed by atoms with van der Waals surface area (Å²) in [5.74, 6) is 0. The van der Waals surface area contributed by atoms with Crippen molar-refractivity contribution < 1.29 is 13.2 Å². The SMILES string of the molecule is CCCNCc1cc(S(=O)(=O)NN2CCOCC2)c(C)s1. The first-order chi connectivity index (χ1) is 10.0. The van der Waals surface area contributed by atoms with Crippen LogP contribution in [0.4, 0.5) is 0 Å². The highest BCUT2D eigenvalue weighted by Crippen LogP contribution is 2.25. The van der Waals surface area contributed by atoms with E-state index in [9.17, 15) is 8.42 Å². The number of rotatable bonds is 7. The van der Waals surface area contributed by atoms with Gasteiger partial charge in [-0.15, -0.1) is 16.2 Å². The second-order valence-electron chi connectivity index (χ2n) is 5.00. The van der Waals surface area contributed by atoms with Crippen LogP contribution in [0, 0.1) is 6.92 Å². The number of hydrazine groups is 1. The zero-order valence-corrected chi connectivity index (χ0v) is 14.1. The monoisotopic (exact) mass is 333 g/mol. The first-order valence-corrected chi connectivity index (χ1v) is 9.48. The Morgan fingerprint density at radius 3 is 2.76 bits per heavy atom. The van der Waals surface area contributed by atoms with Crippen molar-refractivity contribution in [1.82, 2.24) is 15.2 Å². The fourth-order valence-electron chi connectivity index (χ4n) is 2.14. The highest BCUT2D eigenvalue weighted by molar-refractivity contribution is 7.89. The van der Waals surface area contributed by atoms with E-state index in [0.29, 0.717) is 37.7 Å². The lowest BCUT2D eigenvalue weighted by Gasteiger charge is -2.26. The lowest BCUT2D eigenvalue weighted by molar-refractivity contribution is 0.0272. The smallest absolute Gasteiger partial charge is 0.254 e. The zero-order valence-electron chi connectivity index (χ0n) is 12.5. The van der Waals surface area contributed by atoms with Crippen molar-refractivity contribution in [2.75, 3.05) is 32.8 Å². The van der Waals surface area contributed by atoms with Crippen LogP contribution >= 0.6 is 11.3 Å². The van der Waals surface area contributed by atoms with Gasteiger partial charge >= 0.3 is 0 Å². The third kappa shape index (κ3) is 4.73. The molecule has 1 aromatic rings. The quantitative estimate of drug-likeness (QED) is 0.731. The molecular formula is C13H23N3O3S2. The van der Waals surface area contributed by atoms with E-state index in [1.807, 2.05) is 6.92 Å². The van der Waals surface area contributed by atoms with Crippen molar-refractivity contribution in [3.63, 3.8) is 0 Å². The Morgan fingerprint density at radius 1 is 1.38 bits per heavy atom. The van der Waals surface area contributed by atoms with Crippen molar-refractivity contribution in [1.29, 1.82) is 0 Å². The number of nitrogens with zero attached hydrogens (tertiary/aromatic N) is 1. The van der Waals surface area contributed by atoms with Crippen molar-refractivity contribution in [2.45, 2.75) is 31.7 Å². The van der Waals surface area contributed by atoms with Gasteiger partial charge in [-0.05, 0) is 26.0 Å². The van der Waals surface area contributed by atoms with E-state index in [2.05, 4.69) is 17.1 Å². The number of morpholine rings is 1. The van der Waals surface area contributed by atoms with E-state index in [4.69, 9.17) is 4.74 Å². The Bertz CT molecular complexity index is 551. The molecular weight excluding hydrogens is 310 g/mol. The number of aryl methyl sites for hydroxylation is 1. The van der Waals surface area contributed by atoms with E-state index in [1.54, 1.807) is 11.1 Å². The number of ether oxygens (including phenoxy) is 1. The van der Waals surface area contributed by atoms with Gasteiger partial charge in [-0.25, -0.2) is 13.4 Å². The molecule has 2 rings (SSSR count). The van der Waals surface area contributed by atoms with Crippen molar-refractivity contribution in [3.05, 3.63) is 15.8 Å². The average molecular weight is 333 g/mol. The Kier molecular flexibility index (Phi) is 6.15. The average Bonchev–Trinajstić information content (AvgIpc) is 2.82. The van der Waals surface area contributed by atoms with E-state index < -0.39 is 10.0 Å². The van der Waals surface area contributed by atoms with Gasteiger partial charge in [0.2, 0.25) is 0 Å². The fourth-order valence-corrected chi connectivity index (χ4v) is 4.87. The summed E-state index contributed by atoms with van der Waals surface area (Å²) < 4.78 is 30.1. The summed E-state index contributed by atoms with van der Waals surface area (Å²) in [6, 6.07) is 1.77. The molecule has 0 spiro atoms. The molecule has 8 heteroatoms. The van der Waals surface area contributed by atoms with E-state index in [1.165, 1.54) is 11.3 Å². The van der Waals surface area contributed by atoms with Crippen LogP contribution in [-0.4, -0.2) is 46.3 Å². The molecule has 1 aliphatic rings. The molecule has 2 heterocycles. The summed E-state index contributed by atoms with van der Waals surface area (Å²) >= 11 is 1.53. The maximum atomic E-state index is 12.5. The van der Waals surface area contributed by atoms with Crippen LogP contribution in [0.5, 0.6) is 0 Å². The maximum absolute atomic E-state index is 12.5. The molecule has 0 unspecified atom stereocenters. The highest BCUT2D eigenvalue weighted by Gasteiger charge is 2.23. The Morgan fingerprint density at radius 2 is 2.10 bits per heavy atom. The summed E-state index contributed by atoms with van der Waals surface area (Å²) in [6.07, 6.45) is 1.06. The molecule has 0 aromatic carbocycles. The molecule has 0 aliphatic carbocycles. The number of hydrogen-bond acceptors (Lipinski definition) is 6. The second-order valence-corrected chi connectivity index (χ2v) is 7.97. The topological polar surface area (TPSA) is 70.7 Å². The van der Waals surface area contributed by atoms with Crippen LogP contribution in [-0.2, 0) is 21.3 Å². The van der Waals surface area contributed by atoms with Crippen LogP contribution in [0.15, 0.2) is 11.0 Å². The molecule has 2 N–H and O–H groups in total. The molecule has 21 heavy (non-hydrogen) atoms. The summed E-state index contributed by atoms with van der Waals surface area (Å²) in [6.45, 7) is 7.86. The lowest BCUT2D eigenvalue weighted by atomic mass is 10.4. The van der Waals surface area contributed by atoms with Gasteiger partial charge in [-0.3, -0.25) is 0 Å². The van der Waals surface area contributed by atoms with Crippen LogP contribution in [0.2, 0.25) is 0 Å². The van der Waals surface area contributed by atoms with Crippen molar-refractivity contribution in [2.24, 2.45) is 0 Å². The van der Waals surface area contributed by atoms with E-state index >= 15 is 0 Å². The predicted octanol–water partition coefficient (Wildman–Crippen LogP) is 1.08. The minimum Gasteiger partial charge on any atom is -0.379 e. The van der Waals surface area contributed by atoms with Gasteiger partial charge in [-0.1, -0.05) is 6.92 Å². The summed E-state index contributed by atoms with van der Waals surface area (Å²) in [5, 5.41) is 4.99. The maximum Gasteiger partial charge on any atom is 0.254 e. The molecule has 0 amide bonds.